The van der Waals surface area contributed by atoms with Crippen LogP contribution >= 0.6 is 0 Å². The van der Waals surface area contributed by atoms with Crippen molar-refractivity contribution in [1.29, 1.82) is 0 Å². The van der Waals surface area contributed by atoms with Gasteiger partial charge in [0.2, 0.25) is 5.91 Å². The fourth-order valence-electron chi connectivity index (χ4n) is 3.42. The normalized spacial score (nSPS) is 14.4. The lowest BCUT2D eigenvalue weighted by atomic mass is 10.1. The number of rotatable bonds is 5. The first-order chi connectivity index (χ1) is 14.7. The van der Waals surface area contributed by atoms with Gasteiger partial charge in [0, 0.05) is 31.7 Å². The van der Waals surface area contributed by atoms with E-state index in [1.807, 2.05) is 0 Å². The Morgan fingerprint density at radius 2 is 1.45 bits per heavy atom. The number of amides is 2. The number of benzene rings is 2. The van der Waals surface area contributed by atoms with Crippen molar-refractivity contribution in [3.63, 3.8) is 0 Å². The minimum Gasteiger partial charge on any atom is -0.493 e. The Hall–Kier alpha value is -3.23. The molecule has 0 aliphatic carbocycles. The Morgan fingerprint density at radius 3 is 2.00 bits per heavy atom. The van der Waals surface area contributed by atoms with Gasteiger partial charge in [-0.1, -0.05) is 6.07 Å². The molecule has 0 radical (unpaired) electrons. The molecule has 0 atom stereocenters. The monoisotopic (exact) mass is 436 g/mol. The summed E-state index contributed by atoms with van der Waals surface area (Å²) in [5, 5.41) is 0. The molecule has 0 unspecified atom stereocenters. The van der Waals surface area contributed by atoms with Gasteiger partial charge < -0.3 is 19.3 Å². The van der Waals surface area contributed by atoms with Crippen molar-refractivity contribution in [3.05, 3.63) is 59.2 Å². The number of carbonyl (C=O) groups is 2. The maximum atomic E-state index is 12.7. The molecule has 1 aliphatic rings. The Balaban J connectivity index is 1.56. The largest absolute Gasteiger partial charge is 0.493 e. The molecule has 1 heterocycles. The molecule has 9 heteroatoms. The summed E-state index contributed by atoms with van der Waals surface area (Å²) in [5.74, 6) is 0.698. The maximum absolute atomic E-state index is 12.7. The predicted octanol–water partition coefficient (Wildman–Crippen LogP) is 3.25. The fourth-order valence-corrected chi connectivity index (χ4v) is 3.42. The lowest BCUT2D eigenvalue weighted by molar-refractivity contribution is -0.137. The van der Waals surface area contributed by atoms with E-state index in [1.54, 1.807) is 28.0 Å². The van der Waals surface area contributed by atoms with Crippen molar-refractivity contribution in [2.45, 2.75) is 12.6 Å². The summed E-state index contributed by atoms with van der Waals surface area (Å²) in [5.41, 5.74) is 0.179. The van der Waals surface area contributed by atoms with Crippen molar-refractivity contribution in [2.75, 3.05) is 40.4 Å². The van der Waals surface area contributed by atoms with Gasteiger partial charge in [0.15, 0.2) is 11.5 Å². The van der Waals surface area contributed by atoms with Gasteiger partial charge in [0.05, 0.1) is 26.2 Å². The summed E-state index contributed by atoms with van der Waals surface area (Å²) in [6.07, 6.45) is -4.26. The highest BCUT2D eigenvalue weighted by Crippen LogP contribution is 2.29. The zero-order valence-corrected chi connectivity index (χ0v) is 17.2. The standard InChI is InChI=1S/C22H23F3N2O4/c1-30-18-8-3-15(13-19(18)31-2)14-20(28)26-9-11-27(12-10-26)21(29)16-4-6-17(7-5-16)22(23,24)25/h3-8,13H,9-12,14H2,1-2H3. The summed E-state index contributed by atoms with van der Waals surface area (Å²) in [6.45, 7) is 1.35. The van der Waals surface area contributed by atoms with Crippen molar-refractivity contribution in [3.8, 4) is 11.5 Å². The van der Waals surface area contributed by atoms with Crippen LogP contribution in [-0.2, 0) is 17.4 Å². The van der Waals surface area contributed by atoms with E-state index >= 15 is 0 Å². The van der Waals surface area contributed by atoms with Gasteiger partial charge in [-0.3, -0.25) is 9.59 Å². The molecule has 2 aromatic carbocycles. The van der Waals surface area contributed by atoms with Gasteiger partial charge in [0.25, 0.3) is 5.91 Å². The fraction of sp³-hybridized carbons (Fsp3) is 0.364. The molecule has 1 fully saturated rings. The Kier molecular flexibility index (Phi) is 6.72. The van der Waals surface area contributed by atoms with Gasteiger partial charge in [-0.25, -0.2) is 0 Å². The highest BCUT2D eigenvalue weighted by Gasteiger charge is 2.31. The third-order valence-electron chi connectivity index (χ3n) is 5.18. The number of alkyl halides is 3. The van der Waals surface area contributed by atoms with Crippen LogP contribution in [0.25, 0.3) is 0 Å². The lowest BCUT2D eigenvalue weighted by Gasteiger charge is -2.35. The van der Waals surface area contributed by atoms with E-state index in [0.29, 0.717) is 37.7 Å². The molecular formula is C22H23F3N2O4. The van der Waals surface area contributed by atoms with Crippen LogP contribution in [0, 0.1) is 0 Å². The quantitative estimate of drug-likeness (QED) is 0.722. The second-order valence-corrected chi connectivity index (χ2v) is 7.11. The lowest BCUT2D eigenvalue weighted by Crippen LogP contribution is -2.51. The molecule has 0 bridgehead atoms. The van der Waals surface area contributed by atoms with E-state index in [9.17, 15) is 22.8 Å². The summed E-state index contributed by atoms with van der Waals surface area (Å²) < 4.78 is 48.5. The van der Waals surface area contributed by atoms with E-state index in [0.717, 1.165) is 17.7 Å². The topological polar surface area (TPSA) is 59.1 Å². The molecule has 31 heavy (non-hydrogen) atoms. The van der Waals surface area contributed by atoms with Crippen LogP contribution in [0.15, 0.2) is 42.5 Å². The van der Waals surface area contributed by atoms with Crippen LogP contribution in [0.4, 0.5) is 13.2 Å². The molecule has 0 saturated carbocycles. The van der Waals surface area contributed by atoms with Crippen LogP contribution in [0.5, 0.6) is 11.5 Å². The van der Waals surface area contributed by atoms with Gasteiger partial charge in [0.1, 0.15) is 0 Å². The molecule has 2 aromatic rings. The van der Waals surface area contributed by atoms with E-state index in [4.69, 9.17) is 9.47 Å². The number of piperazine rings is 1. The van der Waals surface area contributed by atoms with Gasteiger partial charge >= 0.3 is 6.18 Å². The zero-order valence-electron chi connectivity index (χ0n) is 17.2. The van der Waals surface area contributed by atoms with Crippen LogP contribution in [0.1, 0.15) is 21.5 Å². The van der Waals surface area contributed by atoms with Gasteiger partial charge in [-0.2, -0.15) is 13.2 Å². The number of methoxy groups -OCH3 is 2. The minimum atomic E-state index is -4.44. The zero-order chi connectivity index (χ0) is 22.6. The predicted molar refractivity (Wildman–Crippen MR) is 107 cm³/mol. The van der Waals surface area contributed by atoms with Crippen molar-refractivity contribution >= 4 is 11.8 Å². The van der Waals surface area contributed by atoms with Gasteiger partial charge in [-0.15, -0.1) is 0 Å². The number of carbonyl (C=O) groups excluding carboxylic acids is 2. The molecule has 166 valence electrons. The average molecular weight is 436 g/mol. The smallest absolute Gasteiger partial charge is 0.416 e. The summed E-state index contributed by atoms with van der Waals surface area (Å²) in [4.78, 5) is 28.4. The third kappa shape index (κ3) is 5.28. The molecule has 1 saturated heterocycles. The third-order valence-corrected chi connectivity index (χ3v) is 5.18. The Morgan fingerprint density at radius 1 is 0.871 bits per heavy atom. The molecule has 0 aromatic heterocycles. The number of halogens is 3. The average Bonchev–Trinajstić information content (AvgIpc) is 2.78. The van der Waals surface area contributed by atoms with E-state index < -0.39 is 11.7 Å². The van der Waals surface area contributed by atoms with E-state index in [1.165, 1.54) is 26.4 Å². The van der Waals surface area contributed by atoms with Crippen molar-refractivity contribution in [1.82, 2.24) is 9.80 Å². The maximum Gasteiger partial charge on any atom is 0.416 e. The highest BCUT2D eigenvalue weighted by molar-refractivity contribution is 5.94. The van der Waals surface area contributed by atoms with Crippen molar-refractivity contribution < 1.29 is 32.2 Å². The first-order valence-electron chi connectivity index (χ1n) is 9.68. The highest BCUT2D eigenvalue weighted by atomic mass is 19.4. The van der Waals surface area contributed by atoms with Crippen LogP contribution in [-0.4, -0.2) is 62.0 Å². The van der Waals surface area contributed by atoms with E-state index in [-0.39, 0.29) is 23.8 Å². The van der Waals surface area contributed by atoms with Gasteiger partial charge in [-0.05, 0) is 42.0 Å². The number of ether oxygens (including phenoxy) is 2. The number of hydrogen-bond donors (Lipinski definition) is 0. The molecule has 6 nitrogen and oxygen atoms in total. The van der Waals surface area contributed by atoms with E-state index in [2.05, 4.69) is 0 Å². The first kappa shape index (κ1) is 22.5. The van der Waals surface area contributed by atoms with Crippen LogP contribution in [0.2, 0.25) is 0 Å². The molecule has 0 spiro atoms. The number of nitrogens with zero attached hydrogens (tertiary/aromatic N) is 2. The van der Waals surface area contributed by atoms with Crippen molar-refractivity contribution in [2.24, 2.45) is 0 Å². The first-order valence-corrected chi connectivity index (χ1v) is 9.68. The second kappa shape index (κ2) is 9.28. The van der Waals surface area contributed by atoms with Crippen LogP contribution in [0.3, 0.4) is 0 Å². The minimum absolute atomic E-state index is 0.0751. The molecular weight excluding hydrogens is 413 g/mol. The molecule has 2 amide bonds. The molecule has 3 rings (SSSR count). The van der Waals surface area contributed by atoms with Crippen LogP contribution < -0.4 is 9.47 Å². The Bertz CT molecular complexity index is 937. The second-order valence-electron chi connectivity index (χ2n) is 7.11. The Labute approximate surface area is 178 Å². The summed E-state index contributed by atoms with van der Waals surface area (Å²) in [6, 6.07) is 9.44. The number of hydrogen-bond acceptors (Lipinski definition) is 4. The molecule has 1 aliphatic heterocycles. The summed E-state index contributed by atoms with van der Waals surface area (Å²) >= 11 is 0. The molecule has 0 N–H and O–H groups in total. The SMILES string of the molecule is COc1ccc(CC(=O)N2CCN(C(=O)c3ccc(C(F)(F)F)cc3)CC2)cc1OC. The summed E-state index contributed by atoms with van der Waals surface area (Å²) in [7, 11) is 3.06.